The highest BCUT2D eigenvalue weighted by Crippen LogP contribution is 2.38. The molecule has 0 bridgehead atoms. The highest BCUT2D eigenvalue weighted by atomic mass is 35.5. The summed E-state index contributed by atoms with van der Waals surface area (Å²) in [6.45, 7) is 1.78. The van der Waals surface area contributed by atoms with E-state index in [1.165, 1.54) is 11.8 Å². The standard InChI is InChI=1S/C26H20Cl2N2O3S2/c1-16(18-5-3-2-4-6-18)30-25(32)23(35-26(30)34)13-17-7-10-20(11-8-17)33-15-24(31)29-22-12-9-19(27)14-21(22)28/h2-14,16H,15H2,1H3,(H,29,31)/b23-13-/t16-/m1/s1. The van der Waals surface area contributed by atoms with Crippen LogP contribution in [0.1, 0.15) is 24.1 Å². The van der Waals surface area contributed by atoms with Crippen molar-refractivity contribution >= 4 is 75.1 Å². The number of carbonyl (C=O) groups excluding carboxylic acids is 2. The predicted octanol–water partition coefficient (Wildman–Crippen LogP) is 6.97. The van der Waals surface area contributed by atoms with Gasteiger partial charge >= 0.3 is 0 Å². The van der Waals surface area contributed by atoms with Gasteiger partial charge in [0.05, 0.1) is 21.7 Å². The number of ether oxygens (including phenoxy) is 1. The summed E-state index contributed by atoms with van der Waals surface area (Å²) in [6.07, 6.45) is 1.80. The van der Waals surface area contributed by atoms with Crippen LogP contribution in [-0.4, -0.2) is 27.6 Å². The first-order valence-electron chi connectivity index (χ1n) is 10.6. The molecular formula is C26H20Cl2N2O3S2. The molecule has 9 heteroatoms. The summed E-state index contributed by atoms with van der Waals surface area (Å²) in [4.78, 5) is 27.4. The van der Waals surface area contributed by atoms with Crippen LogP contribution in [0.25, 0.3) is 6.08 Å². The maximum atomic E-state index is 13.0. The Balaban J connectivity index is 1.36. The monoisotopic (exact) mass is 542 g/mol. The largest absolute Gasteiger partial charge is 0.484 e. The molecule has 0 aromatic heterocycles. The molecule has 0 saturated carbocycles. The van der Waals surface area contributed by atoms with Gasteiger partial charge < -0.3 is 10.1 Å². The molecule has 2 amide bonds. The van der Waals surface area contributed by atoms with Crippen LogP contribution in [0, 0.1) is 0 Å². The van der Waals surface area contributed by atoms with Crippen molar-refractivity contribution < 1.29 is 14.3 Å². The quantitative estimate of drug-likeness (QED) is 0.258. The molecule has 1 heterocycles. The lowest BCUT2D eigenvalue weighted by Gasteiger charge is -2.23. The number of amides is 2. The molecule has 1 aliphatic rings. The zero-order valence-electron chi connectivity index (χ0n) is 18.5. The van der Waals surface area contributed by atoms with Crippen molar-refractivity contribution in [2.45, 2.75) is 13.0 Å². The number of halogens is 2. The van der Waals surface area contributed by atoms with Gasteiger partial charge in [-0.15, -0.1) is 0 Å². The van der Waals surface area contributed by atoms with Crippen LogP contribution < -0.4 is 10.1 Å². The molecule has 1 aliphatic heterocycles. The predicted molar refractivity (Wildman–Crippen MR) is 147 cm³/mol. The number of carbonyl (C=O) groups is 2. The fourth-order valence-corrected chi connectivity index (χ4v) is 5.31. The average Bonchev–Trinajstić information content (AvgIpc) is 3.13. The number of nitrogens with one attached hydrogen (secondary N) is 1. The second-order valence-corrected chi connectivity index (χ2v) is 10.2. The molecule has 0 radical (unpaired) electrons. The highest BCUT2D eigenvalue weighted by Gasteiger charge is 2.35. The van der Waals surface area contributed by atoms with E-state index in [0.29, 0.717) is 30.7 Å². The van der Waals surface area contributed by atoms with Crippen LogP contribution in [0.2, 0.25) is 10.0 Å². The van der Waals surface area contributed by atoms with Crippen molar-refractivity contribution in [3.63, 3.8) is 0 Å². The van der Waals surface area contributed by atoms with Gasteiger partial charge in [-0.2, -0.15) is 0 Å². The zero-order chi connectivity index (χ0) is 24.9. The van der Waals surface area contributed by atoms with E-state index < -0.39 is 0 Å². The van der Waals surface area contributed by atoms with Crippen molar-refractivity contribution in [1.82, 2.24) is 4.90 Å². The van der Waals surface area contributed by atoms with Crippen molar-refractivity contribution in [3.05, 3.63) is 98.9 Å². The average molecular weight is 543 g/mol. The van der Waals surface area contributed by atoms with Gasteiger partial charge in [0.25, 0.3) is 11.8 Å². The highest BCUT2D eigenvalue weighted by molar-refractivity contribution is 8.26. The molecule has 0 unspecified atom stereocenters. The minimum absolute atomic E-state index is 0.116. The first kappa shape index (κ1) is 25.3. The summed E-state index contributed by atoms with van der Waals surface area (Å²) in [7, 11) is 0. The topological polar surface area (TPSA) is 58.6 Å². The maximum Gasteiger partial charge on any atom is 0.266 e. The lowest BCUT2D eigenvalue weighted by Crippen LogP contribution is -2.30. The summed E-state index contributed by atoms with van der Waals surface area (Å²) in [5.41, 5.74) is 2.30. The third-order valence-electron chi connectivity index (χ3n) is 5.25. The second-order valence-electron chi connectivity index (χ2n) is 7.67. The van der Waals surface area contributed by atoms with Crippen LogP contribution in [0.5, 0.6) is 5.75 Å². The van der Waals surface area contributed by atoms with Gasteiger partial charge in [-0.1, -0.05) is 89.6 Å². The zero-order valence-corrected chi connectivity index (χ0v) is 21.7. The summed E-state index contributed by atoms with van der Waals surface area (Å²) in [5, 5.41) is 3.51. The van der Waals surface area contributed by atoms with Gasteiger partial charge in [-0.3, -0.25) is 14.5 Å². The fraction of sp³-hybridized carbons (Fsp3) is 0.115. The van der Waals surface area contributed by atoms with Gasteiger partial charge in [-0.25, -0.2) is 0 Å². The van der Waals surface area contributed by atoms with E-state index in [1.54, 1.807) is 41.3 Å². The number of thiocarbonyl (C=S) groups is 1. The number of rotatable bonds is 7. The third kappa shape index (κ3) is 6.24. The minimum atomic E-state index is -0.352. The Morgan fingerprint density at radius 3 is 2.51 bits per heavy atom. The summed E-state index contributed by atoms with van der Waals surface area (Å²) in [5.74, 6) is 0.0495. The SMILES string of the molecule is C[C@H](c1ccccc1)N1C(=O)/C(=C/c2ccc(OCC(=O)Nc3ccc(Cl)cc3Cl)cc2)SC1=S. The molecule has 1 saturated heterocycles. The first-order chi connectivity index (χ1) is 16.8. The number of anilines is 1. The molecule has 178 valence electrons. The van der Waals surface area contributed by atoms with Gasteiger partial charge in [0.1, 0.15) is 10.1 Å². The molecule has 0 spiro atoms. The fourth-order valence-electron chi connectivity index (χ4n) is 3.43. The Kier molecular flexibility index (Phi) is 8.13. The van der Waals surface area contributed by atoms with Crippen molar-refractivity contribution in [3.8, 4) is 5.75 Å². The Morgan fingerprint density at radius 2 is 1.83 bits per heavy atom. The van der Waals surface area contributed by atoms with Crippen LogP contribution >= 0.6 is 47.2 Å². The molecule has 1 fully saturated rings. The molecule has 5 nitrogen and oxygen atoms in total. The molecule has 1 N–H and O–H groups in total. The van der Waals surface area contributed by atoms with E-state index >= 15 is 0 Å². The minimum Gasteiger partial charge on any atom is -0.484 e. The van der Waals surface area contributed by atoms with Crippen LogP contribution in [-0.2, 0) is 9.59 Å². The number of benzene rings is 3. The molecule has 1 atom stereocenters. The lowest BCUT2D eigenvalue weighted by molar-refractivity contribution is -0.123. The molecular weight excluding hydrogens is 523 g/mol. The number of hydrogen-bond acceptors (Lipinski definition) is 5. The normalized spacial score (nSPS) is 15.4. The molecule has 3 aromatic carbocycles. The van der Waals surface area contributed by atoms with Crippen LogP contribution in [0.15, 0.2) is 77.7 Å². The van der Waals surface area contributed by atoms with Crippen LogP contribution in [0.3, 0.4) is 0 Å². The maximum absolute atomic E-state index is 13.0. The molecule has 35 heavy (non-hydrogen) atoms. The van der Waals surface area contributed by atoms with Crippen molar-refractivity contribution in [1.29, 1.82) is 0 Å². The van der Waals surface area contributed by atoms with E-state index in [2.05, 4.69) is 5.32 Å². The number of nitrogens with zero attached hydrogens (tertiary/aromatic N) is 1. The lowest BCUT2D eigenvalue weighted by atomic mass is 10.1. The van der Waals surface area contributed by atoms with Gasteiger partial charge in [0.2, 0.25) is 0 Å². The Hall–Kier alpha value is -2.84. The van der Waals surface area contributed by atoms with Gasteiger partial charge in [-0.05, 0) is 54.5 Å². The Morgan fingerprint density at radius 1 is 1.11 bits per heavy atom. The molecule has 3 aromatic rings. The van der Waals surface area contributed by atoms with Gasteiger partial charge in [0, 0.05) is 5.02 Å². The Labute approximate surface area is 223 Å². The molecule has 0 aliphatic carbocycles. The first-order valence-corrected chi connectivity index (χ1v) is 12.6. The summed E-state index contributed by atoms with van der Waals surface area (Å²) < 4.78 is 6.09. The Bertz CT molecular complexity index is 1300. The van der Waals surface area contributed by atoms with Gasteiger partial charge in [0.15, 0.2) is 6.61 Å². The van der Waals surface area contributed by atoms with E-state index in [9.17, 15) is 9.59 Å². The smallest absolute Gasteiger partial charge is 0.266 e. The van der Waals surface area contributed by atoms with Crippen molar-refractivity contribution in [2.24, 2.45) is 0 Å². The number of thioether (sulfide) groups is 1. The van der Waals surface area contributed by atoms with Crippen LogP contribution in [0.4, 0.5) is 5.69 Å². The van der Waals surface area contributed by atoms with Crippen molar-refractivity contribution in [2.75, 3.05) is 11.9 Å². The van der Waals surface area contributed by atoms with E-state index in [-0.39, 0.29) is 24.5 Å². The summed E-state index contributed by atoms with van der Waals surface area (Å²) in [6, 6.07) is 21.6. The summed E-state index contributed by atoms with van der Waals surface area (Å²) >= 11 is 18.7. The number of hydrogen-bond donors (Lipinski definition) is 1. The second kappa shape index (κ2) is 11.3. The molecule has 4 rings (SSSR count). The van der Waals surface area contributed by atoms with E-state index in [0.717, 1.165) is 11.1 Å². The third-order valence-corrected chi connectivity index (χ3v) is 7.12. The van der Waals surface area contributed by atoms with E-state index in [4.69, 9.17) is 40.2 Å². The van der Waals surface area contributed by atoms with E-state index in [1.807, 2.05) is 49.4 Å².